The number of alkyl halides is 3. The van der Waals surface area contributed by atoms with Crippen molar-refractivity contribution in [1.29, 1.82) is 0 Å². The maximum atomic E-state index is 14.2. The summed E-state index contributed by atoms with van der Waals surface area (Å²) in [6, 6.07) is 7.31. The minimum atomic E-state index is -4.67. The number of fused-ring (bicyclic) bond motifs is 2. The van der Waals surface area contributed by atoms with E-state index in [0.29, 0.717) is 27.5 Å². The van der Waals surface area contributed by atoms with E-state index < -0.39 is 28.8 Å². The van der Waals surface area contributed by atoms with Gasteiger partial charge in [0.1, 0.15) is 16.5 Å². The molecule has 1 saturated heterocycles. The highest BCUT2D eigenvalue weighted by Gasteiger charge is 2.50. The van der Waals surface area contributed by atoms with Gasteiger partial charge in [-0.2, -0.15) is 18.3 Å². The van der Waals surface area contributed by atoms with Crippen LogP contribution in [0.1, 0.15) is 33.7 Å². The second-order valence-corrected chi connectivity index (χ2v) is 10.7. The van der Waals surface area contributed by atoms with E-state index in [4.69, 9.17) is 11.6 Å². The Morgan fingerprint density at radius 2 is 1.98 bits per heavy atom. The Kier molecular flexibility index (Phi) is 7.65. The Bertz CT molecular complexity index is 1520. The van der Waals surface area contributed by atoms with E-state index in [-0.39, 0.29) is 31.6 Å². The molecule has 0 bridgehead atoms. The van der Waals surface area contributed by atoms with Crippen LogP contribution in [0.25, 0.3) is 11.8 Å². The van der Waals surface area contributed by atoms with Crippen LogP contribution in [0.4, 0.5) is 17.6 Å². The average Bonchev–Trinajstić information content (AvgIpc) is 3.35. The van der Waals surface area contributed by atoms with Crippen LogP contribution in [0.2, 0.25) is 0 Å². The minimum absolute atomic E-state index is 0.0770. The van der Waals surface area contributed by atoms with Gasteiger partial charge in [-0.3, -0.25) is 15.0 Å². The first-order valence-electron chi connectivity index (χ1n) is 12.4. The van der Waals surface area contributed by atoms with E-state index >= 15 is 0 Å². The van der Waals surface area contributed by atoms with Gasteiger partial charge in [0.2, 0.25) is 0 Å². The monoisotopic (exact) mass is 590 g/mol. The van der Waals surface area contributed by atoms with Crippen molar-refractivity contribution >= 4 is 23.8 Å². The molecule has 41 heavy (non-hydrogen) atoms. The number of nitrogens with zero attached hydrogens (tertiary/aromatic N) is 6. The normalized spacial score (nSPS) is 19.5. The van der Waals surface area contributed by atoms with Gasteiger partial charge < -0.3 is 10.7 Å². The van der Waals surface area contributed by atoms with Crippen LogP contribution in [0.15, 0.2) is 65.6 Å². The molecular weight excluding hydrogens is 564 g/mol. The second kappa shape index (κ2) is 10.9. The average molecular weight is 591 g/mol. The van der Waals surface area contributed by atoms with Crippen molar-refractivity contribution in [2.45, 2.75) is 19.0 Å². The molecule has 0 amide bonds. The summed E-state index contributed by atoms with van der Waals surface area (Å²) in [5.74, 6) is 4.73. The van der Waals surface area contributed by atoms with E-state index in [1.54, 1.807) is 29.1 Å². The fourth-order valence-electron chi connectivity index (χ4n) is 5.09. The number of rotatable bonds is 7. The molecule has 1 aromatic carbocycles. The topological polar surface area (TPSA) is 130 Å². The number of nitrogens with two attached hydrogens (primary N) is 2. The number of benzene rings is 1. The van der Waals surface area contributed by atoms with Crippen molar-refractivity contribution in [2.75, 3.05) is 20.1 Å². The predicted octanol–water partition coefficient (Wildman–Crippen LogP) is 3.76. The van der Waals surface area contributed by atoms with Gasteiger partial charge in [0, 0.05) is 44.5 Å². The number of ketones is 1. The summed E-state index contributed by atoms with van der Waals surface area (Å²) < 4.78 is 56.5. The summed E-state index contributed by atoms with van der Waals surface area (Å²) in [7, 11) is 1.53. The fourth-order valence-corrected chi connectivity index (χ4v) is 5.71. The predicted molar refractivity (Wildman–Crippen MR) is 143 cm³/mol. The van der Waals surface area contributed by atoms with E-state index in [2.05, 4.69) is 10.1 Å². The van der Waals surface area contributed by atoms with Crippen LogP contribution in [0.3, 0.4) is 0 Å². The SMILES string of the molecule is CN(N)/C(=C\N)SN(O)N1CCC2=Cc3c(cnn3-c3ccc(F)cc3)CC2(C(=O)c2cc(C(F)(F)F)ccn2)C1. The lowest BCUT2D eigenvalue weighted by Gasteiger charge is -2.46. The molecular formula is C26H26F4N8O2S. The van der Waals surface area contributed by atoms with Crippen LogP contribution in [-0.4, -0.2) is 60.5 Å². The molecule has 3 aromatic rings. The summed E-state index contributed by atoms with van der Waals surface area (Å²) in [6.07, 6.45) is 1.23. The highest BCUT2D eigenvalue weighted by Crippen LogP contribution is 2.47. The number of carbonyl (C=O) groups excluding carboxylic acids is 1. The number of pyridine rings is 1. The van der Waals surface area contributed by atoms with E-state index in [0.717, 1.165) is 34.9 Å². The zero-order valence-corrected chi connectivity index (χ0v) is 22.5. The largest absolute Gasteiger partial charge is 0.416 e. The molecule has 0 spiro atoms. The zero-order chi connectivity index (χ0) is 29.5. The van der Waals surface area contributed by atoms with Crippen LogP contribution in [0, 0.1) is 11.2 Å². The van der Waals surface area contributed by atoms with Gasteiger partial charge >= 0.3 is 6.18 Å². The molecule has 10 nitrogen and oxygen atoms in total. The third kappa shape index (κ3) is 5.46. The summed E-state index contributed by atoms with van der Waals surface area (Å²) in [5, 5.41) is 18.4. The summed E-state index contributed by atoms with van der Waals surface area (Å²) in [6.45, 7) is 0.193. The van der Waals surface area contributed by atoms with Gasteiger partial charge in [-0.1, -0.05) is 10.2 Å². The maximum Gasteiger partial charge on any atom is 0.416 e. The number of piperidine rings is 1. The van der Waals surface area contributed by atoms with Crippen molar-refractivity contribution < 1.29 is 27.6 Å². The summed E-state index contributed by atoms with van der Waals surface area (Å²) >= 11 is 0.808. The summed E-state index contributed by atoms with van der Waals surface area (Å²) in [5.41, 5.74) is 5.49. The Hall–Kier alpha value is -3.76. The molecule has 5 rings (SSSR count). The van der Waals surface area contributed by atoms with Crippen LogP contribution in [-0.2, 0) is 12.6 Å². The van der Waals surface area contributed by atoms with Gasteiger partial charge in [0.15, 0.2) is 5.78 Å². The first-order valence-corrected chi connectivity index (χ1v) is 13.1. The Labute approximate surface area is 236 Å². The standard InChI is InChI=1S/C26H26F4N8O2S/c1-35(32)23(13-31)41-38(40)36-9-7-17-11-22-16(14-34-37(22)20-4-2-19(27)3-5-20)12-25(17,15-36)24(39)21-10-18(6-8-33-21)26(28,29)30/h2-6,8,10-11,13-14,40H,7,9,12,15,31-32H2,1H3/b23-13+. The highest BCUT2D eigenvalue weighted by molar-refractivity contribution is 8.00. The van der Waals surface area contributed by atoms with Crippen molar-refractivity contribution in [2.24, 2.45) is 17.0 Å². The molecule has 0 radical (unpaired) electrons. The van der Waals surface area contributed by atoms with Crippen molar-refractivity contribution in [1.82, 2.24) is 29.4 Å². The maximum absolute atomic E-state index is 14.2. The smallest absolute Gasteiger partial charge is 0.402 e. The third-order valence-electron chi connectivity index (χ3n) is 7.13. The molecule has 1 aliphatic carbocycles. The Morgan fingerprint density at radius 1 is 1.24 bits per heavy atom. The minimum Gasteiger partial charge on any atom is -0.402 e. The number of carbonyl (C=O) groups is 1. The van der Waals surface area contributed by atoms with E-state index in [1.807, 2.05) is 0 Å². The molecule has 1 atom stereocenters. The molecule has 216 valence electrons. The number of Topliss-reactive ketones (excluding diaryl/α,β-unsaturated/α-hetero) is 1. The molecule has 0 saturated carbocycles. The number of aromatic nitrogens is 3. The first kappa shape index (κ1) is 28.8. The molecule has 5 N–H and O–H groups in total. The fraction of sp³-hybridized carbons (Fsp3) is 0.269. The summed E-state index contributed by atoms with van der Waals surface area (Å²) in [4.78, 5) is 18.2. The number of hydrogen-bond donors (Lipinski definition) is 3. The lowest BCUT2D eigenvalue weighted by atomic mass is 9.65. The number of hydrazine groups is 2. The lowest BCUT2D eigenvalue weighted by Crippen LogP contribution is -2.55. The van der Waals surface area contributed by atoms with Crippen LogP contribution in [0.5, 0.6) is 0 Å². The van der Waals surface area contributed by atoms with Crippen molar-refractivity contribution in [3.05, 3.63) is 93.9 Å². The number of hydrogen-bond acceptors (Lipinski definition) is 10. The van der Waals surface area contributed by atoms with E-state index in [9.17, 15) is 27.6 Å². The zero-order valence-electron chi connectivity index (χ0n) is 21.7. The third-order valence-corrected chi connectivity index (χ3v) is 8.13. The number of halogens is 4. The highest BCUT2D eigenvalue weighted by atomic mass is 32.2. The second-order valence-electron chi connectivity index (χ2n) is 9.73. The van der Waals surface area contributed by atoms with Gasteiger partial charge in [-0.25, -0.2) is 19.9 Å². The Balaban J connectivity index is 1.57. The first-order chi connectivity index (χ1) is 19.4. The van der Waals surface area contributed by atoms with Crippen molar-refractivity contribution in [3.63, 3.8) is 0 Å². The van der Waals surface area contributed by atoms with Gasteiger partial charge in [-0.15, -0.1) is 0 Å². The molecule has 1 unspecified atom stereocenters. The lowest BCUT2D eigenvalue weighted by molar-refractivity contribution is -0.171. The van der Waals surface area contributed by atoms with Crippen LogP contribution < -0.4 is 11.6 Å². The van der Waals surface area contributed by atoms with Crippen molar-refractivity contribution in [3.8, 4) is 5.69 Å². The Morgan fingerprint density at radius 3 is 2.63 bits per heavy atom. The molecule has 2 aromatic heterocycles. The van der Waals surface area contributed by atoms with Gasteiger partial charge in [-0.05, 0) is 60.9 Å². The van der Waals surface area contributed by atoms with Gasteiger partial charge in [0.05, 0.1) is 28.6 Å². The van der Waals surface area contributed by atoms with Crippen LogP contribution >= 0.6 is 11.9 Å². The molecule has 2 aliphatic rings. The van der Waals surface area contributed by atoms with Gasteiger partial charge in [0.25, 0.3) is 0 Å². The molecule has 1 fully saturated rings. The van der Waals surface area contributed by atoms with E-state index in [1.165, 1.54) is 35.4 Å². The molecule has 1 aliphatic heterocycles. The quantitative estimate of drug-likeness (QED) is 0.123. The molecule has 15 heteroatoms. The molecule has 3 heterocycles.